The number of nitro groups is 1. The second-order valence-electron chi connectivity index (χ2n) is 7.54. The third-order valence-corrected chi connectivity index (χ3v) is 6.43. The summed E-state index contributed by atoms with van der Waals surface area (Å²) in [5, 5.41) is 12.3. The van der Waals surface area contributed by atoms with Gasteiger partial charge >= 0.3 is 0 Å². The van der Waals surface area contributed by atoms with E-state index < -0.39 is 10.3 Å². The number of allylic oxidation sites excluding steroid dienone is 2. The van der Waals surface area contributed by atoms with Gasteiger partial charge in [0.2, 0.25) is 11.8 Å². The molecule has 6 heteroatoms. The zero-order valence-corrected chi connectivity index (χ0v) is 14.1. The topological polar surface area (TPSA) is 80.5 Å². The van der Waals surface area contributed by atoms with Crippen LogP contribution in [-0.4, -0.2) is 16.7 Å². The van der Waals surface area contributed by atoms with Crippen LogP contribution in [0.2, 0.25) is 0 Å². The quantitative estimate of drug-likeness (QED) is 0.360. The molecule has 2 fully saturated rings. The molecule has 0 N–H and O–H groups in total. The SMILES string of the molecule is C[C@@]12C(=O)N(c3ccc([N+](=O)[O-])c4ccccc34)C(=O)[C@@H]1[C@@H]1C=C[C@H]2C1. The normalized spacial score (nSPS) is 31.9. The summed E-state index contributed by atoms with van der Waals surface area (Å²) in [6.07, 6.45) is 4.97. The second kappa shape index (κ2) is 4.78. The molecule has 3 aliphatic rings. The maximum Gasteiger partial charge on any atom is 0.277 e. The van der Waals surface area contributed by atoms with Crippen LogP contribution >= 0.6 is 0 Å². The van der Waals surface area contributed by atoms with E-state index in [9.17, 15) is 19.7 Å². The first kappa shape index (κ1) is 15.3. The van der Waals surface area contributed by atoms with Gasteiger partial charge in [0, 0.05) is 11.5 Å². The fourth-order valence-electron chi connectivity index (χ4n) is 5.16. The number of nitro benzene ring substituents is 1. The minimum absolute atomic E-state index is 0.0309. The van der Waals surface area contributed by atoms with Gasteiger partial charge in [-0.05, 0) is 37.3 Å². The van der Waals surface area contributed by atoms with Crippen molar-refractivity contribution in [3.63, 3.8) is 0 Å². The minimum atomic E-state index is -0.709. The van der Waals surface area contributed by atoms with Crippen molar-refractivity contribution >= 4 is 34.0 Å². The minimum Gasteiger partial charge on any atom is -0.274 e. The van der Waals surface area contributed by atoms with Crippen molar-refractivity contribution in [3.05, 3.63) is 58.7 Å². The zero-order chi connectivity index (χ0) is 18.2. The molecule has 1 saturated heterocycles. The number of fused-ring (bicyclic) bond motifs is 6. The molecule has 2 aromatic rings. The summed E-state index contributed by atoms with van der Waals surface area (Å²) in [4.78, 5) is 38.7. The van der Waals surface area contributed by atoms with E-state index in [1.165, 1.54) is 17.0 Å². The predicted octanol–water partition coefficient (Wildman–Crippen LogP) is 3.45. The van der Waals surface area contributed by atoms with Gasteiger partial charge in [0.05, 0.1) is 27.3 Å². The summed E-state index contributed by atoms with van der Waals surface area (Å²) < 4.78 is 0. The van der Waals surface area contributed by atoms with E-state index in [2.05, 4.69) is 12.2 Å². The molecule has 1 aliphatic heterocycles. The molecular formula is C20H16N2O4. The van der Waals surface area contributed by atoms with Crippen LogP contribution in [0.3, 0.4) is 0 Å². The Morgan fingerprint density at radius 1 is 1.12 bits per heavy atom. The van der Waals surface area contributed by atoms with Crippen molar-refractivity contribution in [1.29, 1.82) is 0 Å². The fraction of sp³-hybridized carbons (Fsp3) is 0.300. The monoisotopic (exact) mass is 348 g/mol. The Hall–Kier alpha value is -3.02. The average molecular weight is 348 g/mol. The molecule has 0 aromatic heterocycles. The van der Waals surface area contributed by atoms with E-state index in [4.69, 9.17) is 0 Å². The number of amides is 2. The average Bonchev–Trinajstić information content (AvgIpc) is 3.26. The summed E-state index contributed by atoms with van der Waals surface area (Å²) in [5.41, 5.74) is -0.299. The van der Waals surface area contributed by atoms with Crippen LogP contribution in [0.15, 0.2) is 48.6 Å². The fourth-order valence-corrected chi connectivity index (χ4v) is 5.16. The van der Waals surface area contributed by atoms with Crippen LogP contribution in [0.25, 0.3) is 10.8 Å². The van der Waals surface area contributed by atoms with Crippen LogP contribution in [0.5, 0.6) is 0 Å². The lowest BCUT2D eigenvalue weighted by Crippen LogP contribution is -2.37. The van der Waals surface area contributed by atoms with Gasteiger partial charge in [-0.1, -0.05) is 30.4 Å². The highest BCUT2D eigenvalue weighted by Crippen LogP contribution is 2.61. The van der Waals surface area contributed by atoms with Crippen molar-refractivity contribution in [3.8, 4) is 0 Å². The number of hydrogen-bond acceptors (Lipinski definition) is 4. The number of nitrogens with zero attached hydrogens (tertiary/aromatic N) is 2. The van der Waals surface area contributed by atoms with Gasteiger partial charge in [-0.3, -0.25) is 19.7 Å². The van der Waals surface area contributed by atoms with Crippen molar-refractivity contribution < 1.29 is 14.5 Å². The number of carbonyl (C=O) groups is 2. The largest absolute Gasteiger partial charge is 0.277 e. The molecule has 130 valence electrons. The first-order valence-corrected chi connectivity index (χ1v) is 8.67. The lowest BCUT2D eigenvalue weighted by molar-refractivity contribution is -0.383. The predicted molar refractivity (Wildman–Crippen MR) is 95.4 cm³/mol. The van der Waals surface area contributed by atoms with Gasteiger partial charge in [-0.25, -0.2) is 4.90 Å². The number of non-ortho nitro benzene ring substituents is 1. The van der Waals surface area contributed by atoms with Crippen molar-refractivity contribution in [2.24, 2.45) is 23.2 Å². The van der Waals surface area contributed by atoms with E-state index >= 15 is 0 Å². The number of carbonyl (C=O) groups excluding carboxylic acids is 2. The van der Waals surface area contributed by atoms with Gasteiger partial charge in [0.1, 0.15) is 0 Å². The van der Waals surface area contributed by atoms with E-state index in [0.29, 0.717) is 16.5 Å². The number of hydrogen-bond donors (Lipinski definition) is 0. The van der Waals surface area contributed by atoms with E-state index in [0.717, 1.165) is 6.42 Å². The summed E-state index contributed by atoms with van der Waals surface area (Å²) in [6, 6.07) is 9.75. The molecule has 0 spiro atoms. The summed E-state index contributed by atoms with van der Waals surface area (Å²) in [6.45, 7) is 1.89. The number of rotatable bonds is 2. The van der Waals surface area contributed by atoms with Crippen LogP contribution in [0.4, 0.5) is 11.4 Å². The summed E-state index contributed by atoms with van der Waals surface area (Å²) in [5.74, 6) is -0.519. The molecule has 26 heavy (non-hydrogen) atoms. The van der Waals surface area contributed by atoms with Crippen molar-refractivity contribution in [2.45, 2.75) is 13.3 Å². The molecule has 6 nitrogen and oxygen atoms in total. The zero-order valence-electron chi connectivity index (χ0n) is 14.1. The molecule has 0 radical (unpaired) electrons. The summed E-state index contributed by atoms with van der Waals surface area (Å²) >= 11 is 0. The highest BCUT2D eigenvalue weighted by molar-refractivity contribution is 6.27. The van der Waals surface area contributed by atoms with Crippen LogP contribution in [0.1, 0.15) is 13.3 Å². The number of benzene rings is 2. The molecule has 2 aromatic carbocycles. The van der Waals surface area contributed by atoms with Gasteiger partial charge < -0.3 is 0 Å². The van der Waals surface area contributed by atoms with E-state index in [-0.39, 0.29) is 35.3 Å². The van der Waals surface area contributed by atoms with Crippen LogP contribution < -0.4 is 4.90 Å². The van der Waals surface area contributed by atoms with Crippen molar-refractivity contribution in [1.82, 2.24) is 0 Å². The van der Waals surface area contributed by atoms with Gasteiger partial charge in [0.25, 0.3) is 5.69 Å². The highest BCUT2D eigenvalue weighted by Gasteiger charge is 2.67. The summed E-state index contributed by atoms with van der Waals surface area (Å²) in [7, 11) is 0. The molecule has 0 unspecified atom stereocenters. The molecule has 1 saturated carbocycles. The Bertz CT molecular complexity index is 1040. The van der Waals surface area contributed by atoms with Gasteiger partial charge in [-0.2, -0.15) is 0 Å². The molecule has 5 rings (SSSR count). The van der Waals surface area contributed by atoms with Gasteiger partial charge in [-0.15, -0.1) is 0 Å². The standard InChI is InChI=1S/C20H16N2O4/c1-20-12-7-6-11(10-12)17(20)18(23)21(19(20)24)15-8-9-16(22(25)26)14-5-3-2-4-13(14)15/h2-9,11-12,17H,10H2,1H3/t11-,12+,17+,20+/m1/s1. The molecule has 1 heterocycles. The molecular weight excluding hydrogens is 332 g/mol. The van der Waals surface area contributed by atoms with E-state index in [1.54, 1.807) is 24.3 Å². The smallest absolute Gasteiger partial charge is 0.274 e. The second-order valence-corrected chi connectivity index (χ2v) is 7.54. The molecule has 2 bridgehead atoms. The van der Waals surface area contributed by atoms with Crippen LogP contribution in [0, 0.1) is 33.3 Å². The Morgan fingerprint density at radius 3 is 2.54 bits per heavy atom. The molecule has 2 aliphatic carbocycles. The number of imide groups is 1. The molecule has 4 atom stereocenters. The third kappa shape index (κ3) is 1.62. The third-order valence-electron chi connectivity index (χ3n) is 6.43. The van der Waals surface area contributed by atoms with Crippen molar-refractivity contribution in [2.75, 3.05) is 4.90 Å². The first-order valence-electron chi connectivity index (χ1n) is 8.67. The maximum absolute atomic E-state index is 13.3. The first-order chi connectivity index (χ1) is 12.4. The molecule has 2 amide bonds. The Balaban J connectivity index is 1.71. The Morgan fingerprint density at radius 2 is 1.85 bits per heavy atom. The highest BCUT2D eigenvalue weighted by atomic mass is 16.6. The lowest BCUT2D eigenvalue weighted by Gasteiger charge is -2.28. The lowest BCUT2D eigenvalue weighted by atomic mass is 9.71. The van der Waals surface area contributed by atoms with Gasteiger partial charge in [0.15, 0.2) is 0 Å². The number of anilines is 1. The Kier molecular flexibility index (Phi) is 2.81. The maximum atomic E-state index is 13.3. The Labute approximate surface area is 149 Å². The van der Waals surface area contributed by atoms with E-state index in [1.807, 2.05) is 6.92 Å². The van der Waals surface area contributed by atoms with Crippen LogP contribution in [-0.2, 0) is 9.59 Å².